The molecule has 0 aromatic carbocycles. The quantitative estimate of drug-likeness (QED) is 0.863. The molecule has 0 amide bonds. The van der Waals surface area contributed by atoms with E-state index in [-0.39, 0.29) is 24.3 Å². The summed E-state index contributed by atoms with van der Waals surface area (Å²) in [5.41, 5.74) is 0.905. The summed E-state index contributed by atoms with van der Waals surface area (Å²) in [5.74, 6) is -1.20. The van der Waals surface area contributed by atoms with Crippen molar-refractivity contribution in [1.82, 2.24) is 14.6 Å². The molecular weight excluding hydrogens is 325 g/mol. The van der Waals surface area contributed by atoms with Gasteiger partial charge in [-0.3, -0.25) is 0 Å². The number of nitrogens with zero attached hydrogens (tertiary/aromatic N) is 3. The van der Waals surface area contributed by atoms with Crippen LogP contribution in [0.3, 0.4) is 0 Å². The van der Waals surface area contributed by atoms with E-state index in [4.69, 9.17) is 0 Å². The van der Waals surface area contributed by atoms with Gasteiger partial charge in [-0.15, -0.1) is 5.10 Å². The van der Waals surface area contributed by atoms with Crippen LogP contribution in [0, 0.1) is 5.92 Å². The second-order valence-corrected chi connectivity index (χ2v) is 8.21. The molecule has 1 aliphatic rings. The third kappa shape index (κ3) is 3.62. The second-order valence-electron chi connectivity index (χ2n) is 7.26. The van der Waals surface area contributed by atoms with Crippen molar-refractivity contribution in [3.8, 4) is 0 Å². The Morgan fingerprint density at radius 2 is 2.00 bits per heavy atom. The standard InChI is InChI=1S/C15H21F3N4S/c1-14(2,3)11-8-22-13(20-11)23-12(21-22)19-10-6-4-5-9(7-10)15(16,17)18/h8-10H,4-7H2,1-3H3,(H,19,21)/t9-,10-/m0/s1. The molecular formula is C15H21F3N4S. The van der Waals surface area contributed by atoms with Crippen molar-refractivity contribution in [2.75, 3.05) is 5.32 Å². The zero-order chi connectivity index (χ0) is 16.8. The monoisotopic (exact) mass is 346 g/mol. The Hall–Kier alpha value is -1.31. The fourth-order valence-corrected chi connectivity index (χ4v) is 3.77. The average Bonchev–Trinajstić information content (AvgIpc) is 2.95. The van der Waals surface area contributed by atoms with Crippen LogP contribution in [0.25, 0.3) is 4.96 Å². The number of halogens is 3. The first-order valence-corrected chi connectivity index (χ1v) is 8.64. The molecule has 0 spiro atoms. The van der Waals surface area contributed by atoms with Crippen LogP contribution in [0.2, 0.25) is 0 Å². The minimum absolute atomic E-state index is 0.0513. The average molecular weight is 346 g/mol. The second kappa shape index (κ2) is 5.65. The first-order valence-electron chi connectivity index (χ1n) is 7.83. The summed E-state index contributed by atoms with van der Waals surface area (Å²) in [4.78, 5) is 5.32. The van der Waals surface area contributed by atoms with E-state index in [0.717, 1.165) is 17.1 Å². The largest absolute Gasteiger partial charge is 0.391 e. The Balaban J connectivity index is 1.70. The van der Waals surface area contributed by atoms with E-state index < -0.39 is 12.1 Å². The van der Waals surface area contributed by atoms with E-state index in [1.807, 2.05) is 6.20 Å². The van der Waals surface area contributed by atoms with Gasteiger partial charge in [-0.25, -0.2) is 9.50 Å². The molecule has 0 unspecified atom stereocenters. The van der Waals surface area contributed by atoms with Gasteiger partial charge in [-0.05, 0) is 19.3 Å². The molecule has 0 bridgehead atoms. The van der Waals surface area contributed by atoms with E-state index >= 15 is 0 Å². The molecule has 2 heterocycles. The molecule has 2 aromatic rings. The van der Waals surface area contributed by atoms with E-state index in [2.05, 4.69) is 36.2 Å². The van der Waals surface area contributed by atoms with E-state index in [9.17, 15) is 13.2 Å². The highest BCUT2D eigenvalue weighted by molar-refractivity contribution is 7.20. The fourth-order valence-electron chi connectivity index (χ4n) is 2.91. The summed E-state index contributed by atoms with van der Waals surface area (Å²) in [5, 5.41) is 8.21. The highest BCUT2D eigenvalue weighted by Crippen LogP contribution is 2.38. The van der Waals surface area contributed by atoms with E-state index in [0.29, 0.717) is 11.6 Å². The van der Waals surface area contributed by atoms with Crippen molar-refractivity contribution >= 4 is 21.4 Å². The van der Waals surface area contributed by atoms with Gasteiger partial charge in [0.2, 0.25) is 10.1 Å². The van der Waals surface area contributed by atoms with E-state index in [1.165, 1.54) is 11.3 Å². The number of nitrogens with one attached hydrogen (secondary N) is 1. The van der Waals surface area contributed by atoms with Crippen LogP contribution in [-0.4, -0.2) is 26.8 Å². The van der Waals surface area contributed by atoms with Crippen molar-refractivity contribution in [1.29, 1.82) is 0 Å². The summed E-state index contributed by atoms with van der Waals surface area (Å²) < 4.78 is 40.3. The van der Waals surface area contributed by atoms with E-state index in [1.54, 1.807) is 4.52 Å². The van der Waals surface area contributed by atoms with Crippen molar-refractivity contribution in [2.24, 2.45) is 5.92 Å². The van der Waals surface area contributed by atoms with Crippen molar-refractivity contribution in [2.45, 2.75) is 64.1 Å². The Morgan fingerprint density at radius 3 is 2.61 bits per heavy atom. The zero-order valence-corrected chi connectivity index (χ0v) is 14.3. The number of alkyl halides is 3. The summed E-state index contributed by atoms with van der Waals surface area (Å²) in [7, 11) is 0. The minimum atomic E-state index is -4.10. The fraction of sp³-hybridized carbons (Fsp3) is 0.733. The van der Waals surface area contributed by atoms with Crippen LogP contribution in [0.4, 0.5) is 18.3 Å². The minimum Gasteiger partial charge on any atom is -0.357 e. The van der Waals surface area contributed by atoms with Gasteiger partial charge in [0.15, 0.2) is 0 Å². The Morgan fingerprint density at radius 1 is 1.26 bits per heavy atom. The van der Waals surface area contributed by atoms with Gasteiger partial charge in [0, 0.05) is 11.5 Å². The highest BCUT2D eigenvalue weighted by atomic mass is 32.1. The molecule has 1 aliphatic carbocycles. The number of anilines is 1. The molecule has 8 heteroatoms. The lowest BCUT2D eigenvalue weighted by Crippen LogP contribution is -2.34. The van der Waals surface area contributed by atoms with Crippen LogP contribution in [0.5, 0.6) is 0 Å². The maximum atomic E-state index is 12.9. The lowest BCUT2D eigenvalue weighted by Gasteiger charge is -2.30. The number of hydrogen-bond donors (Lipinski definition) is 1. The van der Waals surface area contributed by atoms with Gasteiger partial charge >= 0.3 is 6.18 Å². The van der Waals surface area contributed by atoms with Crippen LogP contribution < -0.4 is 5.32 Å². The first-order chi connectivity index (χ1) is 10.6. The normalized spacial score (nSPS) is 23.4. The van der Waals surface area contributed by atoms with Crippen LogP contribution in [0.15, 0.2) is 6.20 Å². The van der Waals surface area contributed by atoms with Crippen molar-refractivity contribution < 1.29 is 13.2 Å². The molecule has 128 valence electrons. The predicted molar refractivity (Wildman–Crippen MR) is 85.0 cm³/mol. The summed E-state index contributed by atoms with van der Waals surface area (Å²) in [6.45, 7) is 6.24. The van der Waals surface area contributed by atoms with Gasteiger partial charge in [0.25, 0.3) is 0 Å². The maximum absolute atomic E-state index is 12.9. The first kappa shape index (κ1) is 16.5. The lowest BCUT2D eigenvalue weighted by molar-refractivity contribution is -0.182. The number of hydrogen-bond acceptors (Lipinski definition) is 4. The van der Waals surface area contributed by atoms with Gasteiger partial charge in [0.1, 0.15) is 0 Å². The SMILES string of the molecule is CC(C)(C)c1cn2nc(N[C@H]3CCC[C@H](C(F)(F)F)C3)sc2n1. The molecule has 3 rings (SSSR count). The van der Waals surface area contributed by atoms with Gasteiger partial charge in [-0.2, -0.15) is 13.2 Å². The number of aromatic nitrogens is 3. The summed E-state index contributed by atoms with van der Waals surface area (Å²) in [6, 6.07) is -0.173. The zero-order valence-electron chi connectivity index (χ0n) is 13.4. The summed E-state index contributed by atoms with van der Waals surface area (Å²) in [6.07, 6.45) is -0.507. The summed E-state index contributed by atoms with van der Waals surface area (Å²) >= 11 is 1.38. The molecule has 4 nitrogen and oxygen atoms in total. The molecule has 0 saturated heterocycles. The van der Waals surface area contributed by atoms with Gasteiger partial charge in [-0.1, -0.05) is 38.5 Å². The van der Waals surface area contributed by atoms with Crippen LogP contribution in [-0.2, 0) is 5.41 Å². The molecule has 1 fully saturated rings. The molecule has 2 atom stereocenters. The van der Waals surface area contributed by atoms with Gasteiger partial charge < -0.3 is 5.32 Å². The van der Waals surface area contributed by atoms with Crippen LogP contribution in [0.1, 0.15) is 52.1 Å². The van der Waals surface area contributed by atoms with Gasteiger partial charge in [0.05, 0.1) is 17.8 Å². The highest BCUT2D eigenvalue weighted by Gasteiger charge is 2.42. The lowest BCUT2D eigenvalue weighted by atomic mass is 9.85. The predicted octanol–water partition coefficient (Wildman–Crippen LogP) is 4.62. The topological polar surface area (TPSA) is 42.2 Å². The molecule has 0 aliphatic heterocycles. The van der Waals surface area contributed by atoms with Crippen molar-refractivity contribution in [3.63, 3.8) is 0 Å². The van der Waals surface area contributed by atoms with Crippen molar-refractivity contribution in [3.05, 3.63) is 11.9 Å². The molecule has 1 N–H and O–H groups in total. The number of fused-ring (bicyclic) bond motifs is 1. The smallest absolute Gasteiger partial charge is 0.357 e. The molecule has 0 radical (unpaired) electrons. The Labute approximate surface area is 137 Å². The third-order valence-corrected chi connectivity index (χ3v) is 5.13. The number of imidazole rings is 1. The maximum Gasteiger partial charge on any atom is 0.391 e. The molecule has 2 aromatic heterocycles. The third-order valence-electron chi connectivity index (χ3n) is 4.28. The Bertz CT molecular complexity index is 651. The Kier molecular flexibility index (Phi) is 4.06. The van der Waals surface area contributed by atoms with Crippen LogP contribution >= 0.6 is 11.3 Å². The number of rotatable bonds is 2. The molecule has 23 heavy (non-hydrogen) atoms. The molecule has 1 saturated carbocycles.